The van der Waals surface area contributed by atoms with Gasteiger partial charge in [-0.3, -0.25) is 0 Å². The van der Waals surface area contributed by atoms with Gasteiger partial charge < -0.3 is 15.7 Å². The Morgan fingerprint density at radius 2 is 2.14 bits per heavy atom. The summed E-state index contributed by atoms with van der Waals surface area (Å²) in [7, 11) is 0. The third kappa shape index (κ3) is 3.51. The Morgan fingerprint density at radius 1 is 1.43 bits per heavy atom. The number of hydrogen-bond donors (Lipinski definition) is 3. The van der Waals surface area contributed by atoms with Gasteiger partial charge in [-0.2, -0.15) is 0 Å². The highest BCUT2D eigenvalue weighted by Crippen LogP contribution is 2.16. The van der Waals surface area contributed by atoms with E-state index in [4.69, 9.17) is 5.11 Å². The Morgan fingerprint density at radius 3 is 2.79 bits per heavy atom. The Kier molecular flexibility index (Phi) is 4.68. The van der Waals surface area contributed by atoms with E-state index in [-0.39, 0.29) is 19.2 Å². The molecule has 0 spiro atoms. The molecule has 0 aromatic heterocycles. The van der Waals surface area contributed by atoms with Gasteiger partial charge in [0.2, 0.25) is 0 Å². The van der Waals surface area contributed by atoms with E-state index in [0.717, 1.165) is 9.26 Å². The molecule has 0 radical (unpaired) electrons. The van der Waals surface area contributed by atoms with Gasteiger partial charge in [-0.25, -0.2) is 4.79 Å². The first kappa shape index (κ1) is 11.3. The molecular formula is C9H11IN2O2. The molecule has 0 saturated heterocycles. The first-order valence-electron chi connectivity index (χ1n) is 4.14. The predicted octanol–water partition coefficient (Wildman–Crippen LogP) is 1.40. The van der Waals surface area contributed by atoms with Gasteiger partial charge in [0, 0.05) is 10.1 Å². The van der Waals surface area contributed by atoms with Gasteiger partial charge >= 0.3 is 6.03 Å². The van der Waals surface area contributed by atoms with Crippen LogP contribution in [0.3, 0.4) is 0 Å². The molecule has 1 aromatic rings. The molecule has 0 bridgehead atoms. The van der Waals surface area contributed by atoms with E-state index in [1.165, 1.54) is 0 Å². The van der Waals surface area contributed by atoms with Crippen molar-refractivity contribution in [3.8, 4) is 0 Å². The first-order chi connectivity index (χ1) is 6.74. The Balaban J connectivity index is 2.52. The number of benzene rings is 1. The standard InChI is InChI=1S/C9H11IN2O2/c10-7-3-1-2-4-8(7)12-9(14)11-5-6-13/h1-4,13H,5-6H2,(H2,11,12,14). The SMILES string of the molecule is O=C(NCCO)Nc1ccccc1I. The third-order valence-corrected chi connectivity index (χ3v) is 2.46. The molecule has 14 heavy (non-hydrogen) atoms. The average Bonchev–Trinajstić information content (AvgIpc) is 2.18. The quantitative estimate of drug-likeness (QED) is 0.739. The van der Waals surface area contributed by atoms with Crippen LogP contribution in [0.4, 0.5) is 10.5 Å². The van der Waals surface area contributed by atoms with Gasteiger partial charge in [0.15, 0.2) is 0 Å². The summed E-state index contributed by atoms with van der Waals surface area (Å²) in [5.41, 5.74) is 0.767. The third-order valence-electron chi connectivity index (χ3n) is 1.52. The van der Waals surface area contributed by atoms with E-state index in [0.29, 0.717) is 0 Å². The van der Waals surface area contributed by atoms with Gasteiger partial charge in [-0.05, 0) is 34.7 Å². The molecule has 0 saturated carbocycles. The second-order valence-electron chi connectivity index (χ2n) is 2.58. The van der Waals surface area contributed by atoms with E-state index in [1.807, 2.05) is 24.3 Å². The molecule has 76 valence electrons. The Hall–Kier alpha value is -0.820. The van der Waals surface area contributed by atoms with E-state index < -0.39 is 0 Å². The van der Waals surface area contributed by atoms with Crippen LogP contribution in [0, 0.1) is 3.57 Å². The molecular weight excluding hydrogens is 295 g/mol. The molecule has 0 fully saturated rings. The van der Waals surface area contributed by atoms with Crippen LogP contribution < -0.4 is 10.6 Å². The number of carbonyl (C=O) groups is 1. The fraction of sp³-hybridized carbons (Fsp3) is 0.222. The number of halogens is 1. The van der Waals surface area contributed by atoms with Crippen LogP contribution >= 0.6 is 22.6 Å². The summed E-state index contributed by atoms with van der Waals surface area (Å²) in [5, 5.41) is 13.7. The van der Waals surface area contributed by atoms with Crippen molar-refractivity contribution in [1.82, 2.24) is 5.32 Å². The van der Waals surface area contributed by atoms with Crippen molar-refractivity contribution in [3.63, 3.8) is 0 Å². The Labute approximate surface area is 95.8 Å². The molecule has 0 aliphatic rings. The second-order valence-corrected chi connectivity index (χ2v) is 3.75. The topological polar surface area (TPSA) is 61.4 Å². The monoisotopic (exact) mass is 306 g/mol. The Bertz CT molecular complexity index is 317. The molecule has 1 aromatic carbocycles. The van der Waals surface area contributed by atoms with Crippen LogP contribution in [-0.2, 0) is 0 Å². The van der Waals surface area contributed by atoms with Crippen LogP contribution in [-0.4, -0.2) is 24.3 Å². The summed E-state index contributed by atoms with van der Waals surface area (Å²) in [5.74, 6) is 0. The molecule has 0 aliphatic heterocycles. The highest BCUT2D eigenvalue weighted by Gasteiger charge is 2.02. The van der Waals surface area contributed by atoms with Crippen molar-refractivity contribution < 1.29 is 9.90 Å². The fourth-order valence-corrected chi connectivity index (χ4v) is 1.42. The lowest BCUT2D eigenvalue weighted by Gasteiger charge is -2.07. The summed E-state index contributed by atoms with van der Waals surface area (Å²) in [4.78, 5) is 11.2. The van der Waals surface area contributed by atoms with Crippen molar-refractivity contribution in [3.05, 3.63) is 27.8 Å². The molecule has 0 aliphatic carbocycles. The summed E-state index contributed by atoms with van der Waals surface area (Å²) >= 11 is 2.14. The number of amides is 2. The van der Waals surface area contributed by atoms with Crippen LogP contribution in [0.25, 0.3) is 0 Å². The first-order valence-corrected chi connectivity index (χ1v) is 5.22. The van der Waals surface area contributed by atoms with Gasteiger partial charge in [0.05, 0.1) is 12.3 Å². The number of nitrogens with one attached hydrogen (secondary N) is 2. The van der Waals surface area contributed by atoms with Crippen LogP contribution in [0.5, 0.6) is 0 Å². The van der Waals surface area contributed by atoms with Gasteiger partial charge in [0.1, 0.15) is 0 Å². The number of aliphatic hydroxyl groups excluding tert-OH is 1. The molecule has 0 heterocycles. The largest absolute Gasteiger partial charge is 0.395 e. The van der Waals surface area contributed by atoms with Gasteiger partial charge in [-0.1, -0.05) is 12.1 Å². The average molecular weight is 306 g/mol. The lowest BCUT2D eigenvalue weighted by molar-refractivity contribution is 0.245. The number of para-hydroxylation sites is 1. The zero-order valence-electron chi connectivity index (χ0n) is 7.46. The summed E-state index contributed by atoms with van der Waals surface area (Å²) in [6.07, 6.45) is 0. The number of aliphatic hydroxyl groups is 1. The molecule has 5 heteroatoms. The maximum absolute atomic E-state index is 11.2. The van der Waals surface area contributed by atoms with Crippen molar-refractivity contribution in [1.29, 1.82) is 0 Å². The van der Waals surface area contributed by atoms with Gasteiger partial charge in [-0.15, -0.1) is 0 Å². The maximum atomic E-state index is 11.2. The van der Waals surface area contributed by atoms with Crippen LogP contribution in [0.15, 0.2) is 24.3 Å². The molecule has 0 atom stereocenters. The molecule has 4 nitrogen and oxygen atoms in total. The minimum absolute atomic E-state index is 0.0562. The lowest BCUT2D eigenvalue weighted by Crippen LogP contribution is -2.31. The maximum Gasteiger partial charge on any atom is 0.319 e. The van der Waals surface area contributed by atoms with Crippen molar-refractivity contribution in [2.45, 2.75) is 0 Å². The highest BCUT2D eigenvalue weighted by atomic mass is 127. The number of urea groups is 1. The minimum Gasteiger partial charge on any atom is -0.395 e. The smallest absolute Gasteiger partial charge is 0.319 e. The van der Waals surface area contributed by atoms with E-state index >= 15 is 0 Å². The highest BCUT2D eigenvalue weighted by molar-refractivity contribution is 14.1. The minimum atomic E-state index is -0.303. The summed E-state index contributed by atoms with van der Waals surface area (Å²) in [6, 6.07) is 7.17. The van der Waals surface area contributed by atoms with E-state index in [2.05, 4.69) is 33.2 Å². The van der Waals surface area contributed by atoms with Gasteiger partial charge in [0.25, 0.3) is 0 Å². The van der Waals surface area contributed by atoms with E-state index in [1.54, 1.807) is 0 Å². The zero-order valence-corrected chi connectivity index (χ0v) is 9.61. The summed E-state index contributed by atoms with van der Waals surface area (Å²) in [6.45, 7) is 0.203. The molecule has 0 unspecified atom stereocenters. The number of carbonyl (C=O) groups excluding carboxylic acids is 1. The predicted molar refractivity (Wildman–Crippen MR) is 63.3 cm³/mol. The zero-order chi connectivity index (χ0) is 10.4. The van der Waals surface area contributed by atoms with Crippen LogP contribution in [0.2, 0.25) is 0 Å². The number of hydrogen-bond acceptors (Lipinski definition) is 2. The second kappa shape index (κ2) is 5.82. The number of anilines is 1. The van der Waals surface area contributed by atoms with E-state index in [9.17, 15) is 4.79 Å². The normalized spacial score (nSPS) is 9.57. The molecule has 3 N–H and O–H groups in total. The van der Waals surface area contributed by atoms with Crippen molar-refractivity contribution in [2.75, 3.05) is 18.5 Å². The molecule has 1 rings (SSSR count). The van der Waals surface area contributed by atoms with Crippen molar-refractivity contribution in [2.24, 2.45) is 0 Å². The van der Waals surface area contributed by atoms with Crippen LogP contribution in [0.1, 0.15) is 0 Å². The van der Waals surface area contributed by atoms with Crippen molar-refractivity contribution >= 4 is 34.3 Å². The summed E-state index contributed by atoms with van der Waals surface area (Å²) < 4.78 is 0.976. The molecule has 2 amide bonds. The lowest BCUT2D eigenvalue weighted by atomic mass is 10.3. The fourth-order valence-electron chi connectivity index (χ4n) is 0.899. The number of rotatable bonds is 3.